The molecule has 4 heterocycles. The first-order valence-electron chi connectivity index (χ1n) is 15.9. The van der Waals surface area contributed by atoms with Gasteiger partial charge in [-0.1, -0.05) is 11.6 Å². The van der Waals surface area contributed by atoms with Crippen LogP contribution in [0.5, 0.6) is 6.01 Å². The van der Waals surface area contributed by atoms with Crippen molar-refractivity contribution in [1.82, 2.24) is 19.9 Å². The molecule has 2 aliphatic heterocycles. The van der Waals surface area contributed by atoms with E-state index in [0.717, 1.165) is 31.4 Å². The Morgan fingerprint density at radius 3 is 2.39 bits per heavy atom. The predicted molar refractivity (Wildman–Crippen MR) is 167 cm³/mol. The first kappa shape index (κ1) is 37.0. The molecule has 4 fully saturated rings. The average Bonchev–Trinajstić information content (AvgIpc) is 3.86. The highest BCUT2D eigenvalue weighted by molar-refractivity contribution is 6.32. The summed E-state index contributed by atoms with van der Waals surface area (Å²) in [6.07, 6.45) is -5.07. The van der Waals surface area contributed by atoms with E-state index in [1.54, 1.807) is 7.05 Å². The van der Waals surface area contributed by atoms with E-state index in [1.807, 2.05) is 11.8 Å². The summed E-state index contributed by atoms with van der Waals surface area (Å²) >= 11 is 5.94. The molecule has 7 rings (SSSR count). The highest BCUT2D eigenvalue weighted by atomic mass is 35.5. The molecule has 3 N–H and O–H groups in total. The second-order valence-electron chi connectivity index (χ2n) is 13.8. The van der Waals surface area contributed by atoms with Gasteiger partial charge >= 0.3 is 24.3 Å². The number of carbonyl (C=O) groups is 1. The number of aliphatic carboxylic acids is 1. The van der Waals surface area contributed by atoms with Crippen LogP contribution in [0.4, 0.5) is 51.0 Å². The van der Waals surface area contributed by atoms with Crippen LogP contribution in [0.25, 0.3) is 22.2 Å². The van der Waals surface area contributed by atoms with Crippen molar-refractivity contribution in [3.8, 4) is 17.3 Å². The molecule has 1 aromatic carbocycles. The van der Waals surface area contributed by atoms with Crippen LogP contribution in [-0.4, -0.2) is 81.4 Å². The molecule has 1 unspecified atom stereocenters. The van der Waals surface area contributed by atoms with Crippen molar-refractivity contribution in [1.29, 1.82) is 0 Å². The second kappa shape index (κ2) is 12.4. The summed E-state index contributed by atoms with van der Waals surface area (Å²) in [5, 5.41) is 6.63. The quantitative estimate of drug-likeness (QED) is 0.186. The predicted octanol–water partition coefficient (Wildman–Crippen LogP) is 7.60. The first-order chi connectivity index (χ1) is 23.6. The Hall–Kier alpha value is -3.80. The molecule has 3 aromatic rings. The molecule has 4 aliphatic rings. The molecule has 2 saturated heterocycles. The number of nitrogen functional groups attached to an aromatic ring is 1. The summed E-state index contributed by atoms with van der Waals surface area (Å²) in [7, 11) is 1.80. The normalized spacial score (nSPS) is 24.6. The van der Waals surface area contributed by atoms with E-state index in [9.17, 15) is 35.1 Å². The van der Waals surface area contributed by atoms with Crippen molar-refractivity contribution in [2.45, 2.75) is 75.3 Å². The van der Waals surface area contributed by atoms with Crippen molar-refractivity contribution in [3.05, 3.63) is 34.7 Å². The Labute approximate surface area is 289 Å². The maximum absolute atomic E-state index is 16.4. The molecular formula is C32H32ClF9N6O3. The van der Waals surface area contributed by atoms with Crippen LogP contribution in [-0.2, 0) is 11.0 Å². The van der Waals surface area contributed by atoms with E-state index >= 15 is 4.39 Å². The number of rotatable bonds is 7. The molecule has 0 radical (unpaired) electrons. The number of hydrogen-bond acceptors (Lipinski definition) is 8. The number of alkyl halides is 8. The van der Waals surface area contributed by atoms with Gasteiger partial charge < -0.3 is 20.5 Å². The summed E-state index contributed by atoms with van der Waals surface area (Å²) in [6, 6.07) is 1.75. The van der Waals surface area contributed by atoms with Gasteiger partial charge in [-0.15, -0.1) is 0 Å². The third kappa shape index (κ3) is 6.80. The number of pyridine rings is 1. The summed E-state index contributed by atoms with van der Waals surface area (Å²) < 4.78 is 125. The third-order valence-electron chi connectivity index (χ3n) is 10.4. The van der Waals surface area contributed by atoms with E-state index in [4.69, 9.17) is 32.0 Å². The van der Waals surface area contributed by atoms with Crippen LogP contribution in [0, 0.1) is 17.2 Å². The fourth-order valence-corrected chi connectivity index (χ4v) is 7.72. The lowest BCUT2D eigenvalue weighted by atomic mass is 9.89. The first-order valence-corrected chi connectivity index (χ1v) is 16.3. The van der Waals surface area contributed by atoms with E-state index in [0.29, 0.717) is 31.2 Å². The molecule has 0 bridgehead atoms. The zero-order valence-electron chi connectivity index (χ0n) is 27.1. The number of carboxylic acids is 1. The van der Waals surface area contributed by atoms with Crippen LogP contribution in [0.3, 0.4) is 0 Å². The number of carboxylic acid groups (broad SMARTS) is 1. The Morgan fingerprint density at radius 1 is 1.18 bits per heavy atom. The standard InChI is InChI=1S/C30H31ClF6N6O.C2HF3O2/c1-15(16-4-5-16)42(2)25-19-10-39-23(18-8-17(38)9-20(31)21(18)30(35,36)37)22(32)24(19)40-26(41-25)44-14-28-6-3-7-43(28)13-27(11-28)12-29(27,33)34;3-2(4,5)1(6)7/h8-10,15-16H,3-7,11-14,38H2,1-2H3;(H,6,7)/t15?,27-,28-;/m0./s1. The molecule has 51 heavy (non-hydrogen) atoms. The van der Waals surface area contributed by atoms with Crippen LogP contribution >= 0.6 is 11.6 Å². The Kier molecular flexibility index (Phi) is 9.00. The fourth-order valence-electron chi connectivity index (χ4n) is 7.38. The van der Waals surface area contributed by atoms with E-state index in [2.05, 4.69) is 19.9 Å². The Morgan fingerprint density at radius 2 is 1.82 bits per heavy atom. The number of benzene rings is 1. The molecule has 2 aliphatic carbocycles. The van der Waals surface area contributed by atoms with Crippen LogP contribution in [0.2, 0.25) is 5.02 Å². The minimum atomic E-state index is -5.08. The maximum atomic E-state index is 16.4. The van der Waals surface area contributed by atoms with E-state index in [1.165, 1.54) is 6.20 Å². The molecule has 0 amide bonds. The third-order valence-corrected chi connectivity index (χ3v) is 10.7. The van der Waals surface area contributed by atoms with Gasteiger partial charge in [0.25, 0.3) is 5.92 Å². The van der Waals surface area contributed by atoms with Gasteiger partial charge in [-0.25, -0.2) is 18.0 Å². The molecule has 2 aromatic heterocycles. The number of hydrogen-bond donors (Lipinski definition) is 2. The number of anilines is 2. The molecule has 1 spiro atoms. The van der Waals surface area contributed by atoms with Gasteiger partial charge in [0.15, 0.2) is 5.82 Å². The average molecular weight is 755 g/mol. The summed E-state index contributed by atoms with van der Waals surface area (Å²) in [6.45, 7) is 3.02. The number of nitrogens with two attached hydrogens (primary N) is 1. The smallest absolute Gasteiger partial charge is 0.475 e. The zero-order valence-corrected chi connectivity index (χ0v) is 27.9. The van der Waals surface area contributed by atoms with Gasteiger partial charge in [0.05, 0.1) is 26.9 Å². The monoisotopic (exact) mass is 754 g/mol. The van der Waals surface area contributed by atoms with Crippen molar-refractivity contribution in [2.24, 2.45) is 11.3 Å². The van der Waals surface area contributed by atoms with Crippen molar-refractivity contribution in [2.75, 3.05) is 37.4 Å². The fraction of sp³-hybridized carbons (Fsp3) is 0.562. The molecular weight excluding hydrogens is 723 g/mol. The number of ether oxygens (including phenoxy) is 1. The lowest BCUT2D eigenvalue weighted by molar-refractivity contribution is -0.192. The van der Waals surface area contributed by atoms with Gasteiger partial charge in [-0.3, -0.25) is 9.88 Å². The van der Waals surface area contributed by atoms with E-state index < -0.39 is 62.9 Å². The minimum Gasteiger partial charge on any atom is -0.475 e. The van der Waals surface area contributed by atoms with Gasteiger partial charge in [0.2, 0.25) is 0 Å². The largest absolute Gasteiger partial charge is 0.490 e. The number of fused-ring (bicyclic) bond motifs is 2. The number of aromatic nitrogens is 3. The zero-order chi connectivity index (χ0) is 37.5. The number of nitrogens with zero attached hydrogens (tertiary/aromatic N) is 5. The summed E-state index contributed by atoms with van der Waals surface area (Å²) in [4.78, 5) is 25.9. The molecule has 3 atom stereocenters. The van der Waals surface area contributed by atoms with Crippen molar-refractivity contribution >= 4 is 40.0 Å². The van der Waals surface area contributed by atoms with Crippen LogP contribution < -0.4 is 15.4 Å². The van der Waals surface area contributed by atoms with Gasteiger partial charge in [-0.2, -0.15) is 36.3 Å². The summed E-state index contributed by atoms with van der Waals surface area (Å²) in [5.41, 5.74) is 1.25. The molecule has 278 valence electrons. The molecule has 19 heteroatoms. The van der Waals surface area contributed by atoms with E-state index in [-0.39, 0.29) is 48.1 Å². The molecule has 9 nitrogen and oxygen atoms in total. The van der Waals surface area contributed by atoms with Gasteiger partial charge in [0.1, 0.15) is 23.6 Å². The Bertz CT molecular complexity index is 1870. The van der Waals surface area contributed by atoms with Gasteiger partial charge in [-0.05, 0) is 63.6 Å². The second-order valence-corrected chi connectivity index (χ2v) is 14.2. The minimum absolute atomic E-state index is 0.0175. The Balaban J connectivity index is 0.000000582. The maximum Gasteiger partial charge on any atom is 0.490 e. The highest BCUT2D eigenvalue weighted by Crippen LogP contribution is 2.69. The number of halogens is 10. The molecule has 2 saturated carbocycles. The lowest BCUT2D eigenvalue weighted by Crippen LogP contribution is -2.43. The van der Waals surface area contributed by atoms with Crippen LogP contribution in [0.1, 0.15) is 51.0 Å². The van der Waals surface area contributed by atoms with Crippen molar-refractivity contribution < 1.29 is 54.2 Å². The SMILES string of the molecule is CC(C1CC1)N(C)c1nc(OC[C@@]23CCCN2C[C@@]2(CC2(F)F)C3)nc2c(F)c(-c3cc(N)cc(Cl)c3C(F)(F)F)ncc12.O=C(O)C(F)(F)F. The van der Waals surface area contributed by atoms with Crippen molar-refractivity contribution in [3.63, 3.8) is 0 Å². The highest BCUT2D eigenvalue weighted by Gasteiger charge is 2.77. The van der Waals surface area contributed by atoms with Gasteiger partial charge in [0, 0.05) is 43.5 Å². The summed E-state index contributed by atoms with van der Waals surface area (Å²) in [5.74, 6) is -5.87. The van der Waals surface area contributed by atoms with Crippen LogP contribution in [0.15, 0.2) is 18.3 Å². The lowest BCUT2D eigenvalue weighted by Gasteiger charge is -2.31. The topological polar surface area (TPSA) is 118 Å².